The Labute approximate surface area is 116 Å². The normalized spacial score (nSPS) is 10.7. The molecule has 18 heavy (non-hydrogen) atoms. The molecule has 0 aliphatic rings. The molecule has 0 amide bonds. The second-order valence-corrected chi connectivity index (χ2v) is 5.18. The standard InChI is InChI=1S/C14H17BrN2O/c1-4-11-8-12(17(3)16-11)9-18-14-6-5-10(2)7-13(14)15/h5-8H,4,9H2,1-3H3. The van der Waals surface area contributed by atoms with E-state index in [2.05, 4.69) is 47.0 Å². The van der Waals surface area contributed by atoms with Crippen LogP contribution in [0.5, 0.6) is 5.75 Å². The van der Waals surface area contributed by atoms with E-state index in [0.717, 1.165) is 28.0 Å². The van der Waals surface area contributed by atoms with Gasteiger partial charge >= 0.3 is 0 Å². The molecule has 0 saturated heterocycles. The monoisotopic (exact) mass is 308 g/mol. The second-order valence-electron chi connectivity index (χ2n) is 4.33. The third-order valence-corrected chi connectivity index (χ3v) is 3.47. The van der Waals surface area contributed by atoms with Crippen molar-refractivity contribution in [3.63, 3.8) is 0 Å². The third-order valence-electron chi connectivity index (χ3n) is 2.85. The van der Waals surface area contributed by atoms with Crippen molar-refractivity contribution in [3.8, 4) is 5.75 Å². The molecule has 0 atom stereocenters. The number of benzene rings is 1. The molecule has 1 aromatic heterocycles. The zero-order valence-corrected chi connectivity index (χ0v) is 12.5. The van der Waals surface area contributed by atoms with Crippen molar-refractivity contribution in [2.24, 2.45) is 7.05 Å². The lowest BCUT2D eigenvalue weighted by atomic mass is 10.2. The molecule has 0 spiro atoms. The van der Waals surface area contributed by atoms with E-state index in [0.29, 0.717) is 6.61 Å². The third kappa shape index (κ3) is 2.93. The topological polar surface area (TPSA) is 27.1 Å². The van der Waals surface area contributed by atoms with E-state index in [1.807, 2.05) is 23.9 Å². The van der Waals surface area contributed by atoms with E-state index >= 15 is 0 Å². The largest absolute Gasteiger partial charge is 0.486 e. The summed E-state index contributed by atoms with van der Waals surface area (Å²) < 4.78 is 8.67. The van der Waals surface area contributed by atoms with Crippen molar-refractivity contribution < 1.29 is 4.74 Å². The molecule has 1 heterocycles. The van der Waals surface area contributed by atoms with Gasteiger partial charge in [-0.15, -0.1) is 0 Å². The Kier molecular flexibility index (Phi) is 4.07. The molecular weight excluding hydrogens is 292 g/mol. The zero-order valence-electron chi connectivity index (χ0n) is 10.9. The van der Waals surface area contributed by atoms with Gasteiger partial charge in [0.15, 0.2) is 0 Å². The number of aryl methyl sites for hydroxylation is 3. The van der Waals surface area contributed by atoms with Crippen LogP contribution in [0.25, 0.3) is 0 Å². The zero-order chi connectivity index (χ0) is 13.1. The molecule has 0 fully saturated rings. The molecule has 2 rings (SSSR count). The van der Waals surface area contributed by atoms with Crippen molar-refractivity contribution in [1.82, 2.24) is 9.78 Å². The van der Waals surface area contributed by atoms with Gasteiger partial charge in [-0.2, -0.15) is 5.10 Å². The fourth-order valence-corrected chi connectivity index (χ4v) is 2.36. The highest BCUT2D eigenvalue weighted by molar-refractivity contribution is 9.10. The van der Waals surface area contributed by atoms with Crippen molar-refractivity contribution in [2.75, 3.05) is 0 Å². The Balaban J connectivity index is 2.08. The van der Waals surface area contributed by atoms with Crippen molar-refractivity contribution in [1.29, 1.82) is 0 Å². The Bertz CT molecular complexity index is 549. The highest BCUT2D eigenvalue weighted by Crippen LogP contribution is 2.26. The summed E-state index contributed by atoms with van der Waals surface area (Å²) in [6.07, 6.45) is 0.946. The van der Waals surface area contributed by atoms with E-state index in [4.69, 9.17) is 4.74 Å². The minimum atomic E-state index is 0.533. The summed E-state index contributed by atoms with van der Waals surface area (Å²) in [6, 6.07) is 8.16. The SMILES string of the molecule is CCc1cc(COc2ccc(C)cc2Br)n(C)n1. The Morgan fingerprint density at radius 3 is 2.72 bits per heavy atom. The minimum Gasteiger partial charge on any atom is -0.486 e. The van der Waals surface area contributed by atoms with Crippen molar-refractivity contribution in [3.05, 3.63) is 45.7 Å². The molecule has 0 N–H and O–H groups in total. The van der Waals surface area contributed by atoms with Gasteiger partial charge < -0.3 is 4.74 Å². The van der Waals surface area contributed by atoms with Crippen LogP contribution in [-0.2, 0) is 20.1 Å². The molecule has 96 valence electrons. The summed E-state index contributed by atoms with van der Waals surface area (Å²) in [6.45, 7) is 4.69. The number of rotatable bonds is 4. The van der Waals surface area contributed by atoms with Gasteiger partial charge in [-0.05, 0) is 53.0 Å². The maximum Gasteiger partial charge on any atom is 0.134 e. The van der Waals surface area contributed by atoms with E-state index in [1.54, 1.807) is 0 Å². The fourth-order valence-electron chi connectivity index (χ4n) is 1.75. The number of nitrogens with zero attached hydrogens (tertiary/aromatic N) is 2. The van der Waals surface area contributed by atoms with Crippen LogP contribution < -0.4 is 4.74 Å². The summed E-state index contributed by atoms with van der Waals surface area (Å²) in [5.41, 5.74) is 3.39. The summed E-state index contributed by atoms with van der Waals surface area (Å²) in [5, 5.41) is 4.40. The van der Waals surface area contributed by atoms with E-state index < -0.39 is 0 Å². The first-order valence-corrected chi connectivity index (χ1v) is 6.80. The molecule has 0 aliphatic heterocycles. The highest BCUT2D eigenvalue weighted by atomic mass is 79.9. The summed E-state index contributed by atoms with van der Waals surface area (Å²) in [5.74, 6) is 0.861. The minimum absolute atomic E-state index is 0.533. The Morgan fingerprint density at radius 1 is 1.33 bits per heavy atom. The van der Waals surface area contributed by atoms with Gasteiger partial charge in [0, 0.05) is 7.05 Å². The van der Waals surface area contributed by atoms with E-state index in [-0.39, 0.29) is 0 Å². The first-order valence-electron chi connectivity index (χ1n) is 6.01. The van der Waals surface area contributed by atoms with Crippen LogP contribution >= 0.6 is 15.9 Å². The molecular formula is C14H17BrN2O. The first kappa shape index (κ1) is 13.1. The van der Waals surface area contributed by atoms with Crippen molar-refractivity contribution >= 4 is 15.9 Å². The van der Waals surface area contributed by atoms with Gasteiger partial charge in [-0.25, -0.2) is 0 Å². The molecule has 0 unspecified atom stereocenters. The van der Waals surface area contributed by atoms with E-state index in [9.17, 15) is 0 Å². The first-order chi connectivity index (χ1) is 8.60. The maximum atomic E-state index is 5.81. The lowest BCUT2D eigenvalue weighted by molar-refractivity contribution is 0.293. The molecule has 0 bridgehead atoms. The fraction of sp³-hybridized carbons (Fsp3) is 0.357. The van der Waals surface area contributed by atoms with E-state index in [1.165, 1.54) is 5.56 Å². The number of hydrogen-bond donors (Lipinski definition) is 0. The molecule has 0 radical (unpaired) electrons. The average molecular weight is 309 g/mol. The van der Waals surface area contributed by atoms with Crippen molar-refractivity contribution in [2.45, 2.75) is 26.9 Å². The lowest BCUT2D eigenvalue weighted by Crippen LogP contribution is -2.03. The molecule has 2 aromatic rings. The van der Waals surface area contributed by atoms with Crippen LogP contribution in [-0.4, -0.2) is 9.78 Å². The van der Waals surface area contributed by atoms with Crippen LogP contribution in [0.3, 0.4) is 0 Å². The van der Waals surface area contributed by atoms with Gasteiger partial charge in [-0.1, -0.05) is 13.0 Å². The quantitative estimate of drug-likeness (QED) is 0.862. The predicted molar refractivity (Wildman–Crippen MR) is 75.8 cm³/mol. The second kappa shape index (κ2) is 5.57. The van der Waals surface area contributed by atoms with Crippen LogP contribution in [0.1, 0.15) is 23.9 Å². The van der Waals surface area contributed by atoms with Gasteiger partial charge in [0.2, 0.25) is 0 Å². The molecule has 3 nitrogen and oxygen atoms in total. The Hall–Kier alpha value is -1.29. The summed E-state index contributed by atoms with van der Waals surface area (Å²) in [7, 11) is 1.95. The number of ether oxygens (including phenoxy) is 1. The number of aromatic nitrogens is 2. The maximum absolute atomic E-state index is 5.81. The van der Waals surface area contributed by atoms with Gasteiger partial charge in [0.1, 0.15) is 12.4 Å². The molecule has 1 aromatic carbocycles. The lowest BCUT2D eigenvalue weighted by Gasteiger charge is -2.08. The molecule has 0 saturated carbocycles. The van der Waals surface area contributed by atoms with Crippen LogP contribution in [0, 0.1) is 6.92 Å². The average Bonchev–Trinajstić information content (AvgIpc) is 2.69. The predicted octanol–water partition coefficient (Wildman–Crippen LogP) is 3.63. The molecule has 0 aliphatic carbocycles. The van der Waals surface area contributed by atoms with Crippen LogP contribution in [0.4, 0.5) is 0 Å². The van der Waals surface area contributed by atoms with Crippen LogP contribution in [0.2, 0.25) is 0 Å². The smallest absolute Gasteiger partial charge is 0.134 e. The summed E-state index contributed by atoms with van der Waals surface area (Å²) in [4.78, 5) is 0. The van der Waals surface area contributed by atoms with Gasteiger partial charge in [0.25, 0.3) is 0 Å². The number of hydrogen-bond acceptors (Lipinski definition) is 2. The van der Waals surface area contributed by atoms with Gasteiger partial charge in [-0.3, -0.25) is 4.68 Å². The number of halogens is 1. The highest BCUT2D eigenvalue weighted by Gasteiger charge is 2.06. The van der Waals surface area contributed by atoms with Gasteiger partial charge in [0.05, 0.1) is 15.9 Å². The van der Waals surface area contributed by atoms with Crippen LogP contribution in [0.15, 0.2) is 28.7 Å². The summed E-state index contributed by atoms with van der Waals surface area (Å²) >= 11 is 3.51. The Morgan fingerprint density at radius 2 is 2.11 bits per heavy atom. The molecule has 4 heteroatoms.